The summed E-state index contributed by atoms with van der Waals surface area (Å²) in [4.78, 5) is 12.5. The summed E-state index contributed by atoms with van der Waals surface area (Å²) in [6.45, 7) is 0. The molecule has 3 aromatic carbocycles. The van der Waals surface area contributed by atoms with Crippen LogP contribution in [0.1, 0.15) is 23.5 Å². The summed E-state index contributed by atoms with van der Waals surface area (Å²) in [5, 5.41) is 5.21. The van der Waals surface area contributed by atoms with Crippen LogP contribution in [0, 0.1) is 0 Å². The second-order valence-corrected chi connectivity index (χ2v) is 7.14. The van der Waals surface area contributed by atoms with Crippen LogP contribution in [0.15, 0.2) is 53.0 Å². The average Bonchev–Trinajstić information content (AvgIpc) is 2.66. The molecule has 0 fully saturated rings. The monoisotopic (exact) mass is 411 g/mol. The third-order valence-electron chi connectivity index (χ3n) is 4.85. The molecule has 4 rings (SSSR count). The molecule has 0 saturated carbocycles. The predicted octanol–water partition coefficient (Wildman–Crippen LogP) is 5.09. The van der Waals surface area contributed by atoms with Crippen LogP contribution in [0.5, 0.6) is 11.5 Å². The summed E-state index contributed by atoms with van der Waals surface area (Å²) in [6, 6.07) is 16.1. The number of carbonyl (C=O) groups excluding carboxylic acids is 1. The van der Waals surface area contributed by atoms with Crippen molar-refractivity contribution in [2.45, 2.75) is 12.3 Å². The van der Waals surface area contributed by atoms with Crippen LogP contribution in [0.4, 0.5) is 5.69 Å². The molecule has 1 N–H and O–H groups in total. The molecule has 1 heterocycles. The molecule has 1 aliphatic rings. The van der Waals surface area contributed by atoms with Gasteiger partial charge in [0.25, 0.3) is 0 Å². The van der Waals surface area contributed by atoms with E-state index in [9.17, 15) is 4.79 Å². The van der Waals surface area contributed by atoms with Crippen LogP contribution < -0.4 is 14.8 Å². The van der Waals surface area contributed by atoms with E-state index in [0.717, 1.165) is 43.6 Å². The maximum atomic E-state index is 12.5. The van der Waals surface area contributed by atoms with Gasteiger partial charge in [-0.3, -0.25) is 4.79 Å². The Labute approximate surface area is 160 Å². The summed E-state index contributed by atoms with van der Waals surface area (Å²) in [5.74, 6) is 1.34. The zero-order valence-corrected chi connectivity index (χ0v) is 16.1. The van der Waals surface area contributed by atoms with E-state index >= 15 is 0 Å². The molecule has 1 atom stereocenters. The van der Waals surface area contributed by atoms with Crippen LogP contribution in [-0.2, 0) is 4.79 Å². The molecule has 4 nitrogen and oxygen atoms in total. The fourth-order valence-corrected chi connectivity index (χ4v) is 4.28. The highest BCUT2D eigenvalue weighted by Crippen LogP contribution is 2.46. The number of nitrogens with one attached hydrogen (secondary N) is 1. The van der Waals surface area contributed by atoms with Crippen LogP contribution >= 0.6 is 15.9 Å². The highest BCUT2D eigenvalue weighted by molar-refractivity contribution is 9.10. The quantitative estimate of drug-likeness (QED) is 0.652. The molecule has 26 heavy (non-hydrogen) atoms. The standard InChI is InChI=1S/C21H18BrNO3/c1-25-13-9-17(21(26-2)18(22)10-13)16-11-19(24)23-20-14-6-4-3-5-12(14)7-8-15(16)20/h3-10,16H,11H2,1-2H3,(H,23,24)/t16-/m1/s1. The van der Waals surface area contributed by atoms with Crippen molar-refractivity contribution in [1.82, 2.24) is 0 Å². The van der Waals surface area contributed by atoms with Crippen molar-refractivity contribution in [2.24, 2.45) is 0 Å². The molecule has 0 bridgehead atoms. The fraction of sp³-hybridized carbons (Fsp3) is 0.190. The fourth-order valence-electron chi connectivity index (χ4n) is 3.66. The Morgan fingerprint density at radius 3 is 2.62 bits per heavy atom. The molecule has 1 amide bonds. The van der Waals surface area contributed by atoms with E-state index in [2.05, 4.69) is 33.4 Å². The van der Waals surface area contributed by atoms with E-state index in [1.807, 2.05) is 36.4 Å². The first-order valence-electron chi connectivity index (χ1n) is 8.35. The minimum atomic E-state index is -0.107. The molecule has 5 heteroatoms. The molecule has 0 aliphatic carbocycles. The first-order chi connectivity index (χ1) is 12.6. The van der Waals surface area contributed by atoms with Crippen molar-refractivity contribution in [2.75, 3.05) is 19.5 Å². The molecular formula is C21H18BrNO3. The van der Waals surface area contributed by atoms with Crippen LogP contribution in [0.25, 0.3) is 10.8 Å². The van der Waals surface area contributed by atoms with Crippen molar-refractivity contribution >= 4 is 38.3 Å². The van der Waals surface area contributed by atoms with Gasteiger partial charge in [0, 0.05) is 23.3 Å². The molecule has 0 unspecified atom stereocenters. The zero-order chi connectivity index (χ0) is 18.3. The second kappa shape index (κ2) is 6.65. The number of anilines is 1. The van der Waals surface area contributed by atoms with Gasteiger partial charge in [0.1, 0.15) is 11.5 Å². The number of amides is 1. The summed E-state index contributed by atoms with van der Waals surface area (Å²) in [7, 11) is 3.27. The van der Waals surface area contributed by atoms with Gasteiger partial charge in [-0.15, -0.1) is 0 Å². The lowest BCUT2D eigenvalue weighted by atomic mass is 9.83. The van der Waals surface area contributed by atoms with E-state index in [0.29, 0.717) is 6.42 Å². The van der Waals surface area contributed by atoms with Crippen molar-refractivity contribution in [1.29, 1.82) is 0 Å². The normalized spacial score (nSPS) is 16.1. The van der Waals surface area contributed by atoms with E-state index in [-0.39, 0.29) is 11.8 Å². The Bertz CT molecular complexity index is 1020. The van der Waals surface area contributed by atoms with Gasteiger partial charge < -0.3 is 14.8 Å². The van der Waals surface area contributed by atoms with Crippen LogP contribution in [-0.4, -0.2) is 20.1 Å². The summed E-state index contributed by atoms with van der Waals surface area (Å²) < 4.78 is 11.9. The lowest BCUT2D eigenvalue weighted by Crippen LogP contribution is -2.24. The third kappa shape index (κ3) is 2.72. The third-order valence-corrected chi connectivity index (χ3v) is 5.44. The SMILES string of the molecule is COc1cc(Br)c(OC)c([C@@H]2CC(=O)Nc3c2ccc2ccccc32)c1. The number of ether oxygens (including phenoxy) is 2. The van der Waals surface area contributed by atoms with E-state index < -0.39 is 0 Å². The lowest BCUT2D eigenvalue weighted by molar-refractivity contribution is -0.116. The maximum absolute atomic E-state index is 12.5. The van der Waals surface area contributed by atoms with Gasteiger partial charge in [-0.05, 0) is 39.0 Å². The number of halogens is 1. The molecule has 0 saturated heterocycles. The molecule has 3 aromatic rings. The highest BCUT2D eigenvalue weighted by atomic mass is 79.9. The highest BCUT2D eigenvalue weighted by Gasteiger charge is 2.30. The van der Waals surface area contributed by atoms with Gasteiger partial charge in [-0.25, -0.2) is 0 Å². The van der Waals surface area contributed by atoms with Crippen molar-refractivity contribution in [3.63, 3.8) is 0 Å². The van der Waals surface area contributed by atoms with Crippen molar-refractivity contribution in [3.8, 4) is 11.5 Å². The minimum absolute atomic E-state index is 0.000140. The number of carbonyl (C=O) groups is 1. The zero-order valence-electron chi connectivity index (χ0n) is 14.5. The average molecular weight is 412 g/mol. The molecular weight excluding hydrogens is 394 g/mol. The number of methoxy groups -OCH3 is 2. The van der Waals surface area contributed by atoms with Crippen molar-refractivity contribution < 1.29 is 14.3 Å². The number of benzene rings is 3. The van der Waals surface area contributed by atoms with E-state index in [4.69, 9.17) is 9.47 Å². The van der Waals surface area contributed by atoms with Crippen molar-refractivity contribution in [3.05, 3.63) is 64.1 Å². The van der Waals surface area contributed by atoms with Crippen LogP contribution in [0.2, 0.25) is 0 Å². The maximum Gasteiger partial charge on any atom is 0.225 e. The Hall–Kier alpha value is -2.53. The van der Waals surface area contributed by atoms with Gasteiger partial charge >= 0.3 is 0 Å². The predicted molar refractivity (Wildman–Crippen MR) is 106 cm³/mol. The van der Waals surface area contributed by atoms with E-state index in [1.54, 1.807) is 14.2 Å². The molecule has 0 aromatic heterocycles. The number of hydrogen-bond donors (Lipinski definition) is 1. The van der Waals surface area contributed by atoms with Crippen LogP contribution in [0.3, 0.4) is 0 Å². The smallest absolute Gasteiger partial charge is 0.225 e. The Kier molecular flexibility index (Phi) is 4.32. The van der Waals surface area contributed by atoms with E-state index in [1.165, 1.54) is 0 Å². The summed E-state index contributed by atoms with van der Waals surface area (Å²) in [5.41, 5.74) is 2.90. The Morgan fingerprint density at radius 2 is 1.85 bits per heavy atom. The van der Waals surface area contributed by atoms with Gasteiger partial charge in [0.15, 0.2) is 0 Å². The minimum Gasteiger partial charge on any atom is -0.497 e. The summed E-state index contributed by atoms with van der Waals surface area (Å²) in [6.07, 6.45) is 0.362. The summed E-state index contributed by atoms with van der Waals surface area (Å²) >= 11 is 3.55. The lowest BCUT2D eigenvalue weighted by Gasteiger charge is -2.29. The van der Waals surface area contributed by atoms with Gasteiger partial charge in [0.05, 0.1) is 24.4 Å². The number of hydrogen-bond acceptors (Lipinski definition) is 3. The Morgan fingerprint density at radius 1 is 1.04 bits per heavy atom. The molecule has 1 aliphatic heterocycles. The molecule has 0 spiro atoms. The second-order valence-electron chi connectivity index (χ2n) is 6.29. The molecule has 0 radical (unpaired) electrons. The van der Waals surface area contributed by atoms with Gasteiger partial charge in [-0.1, -0.05) is 36.4 Å². The first kappa shape index (κ1) is 16.9. The largest absolute Gasteiger partial charge is 0.497 e. The number of fused-ring (bicyclic) bond motifs is 3. The van der Waals surface area contributed by atoms with Gasteiger partial charge in [0.2, 0.25) is 5.91 Å². The topological polar surface area (TPSA) is 47.6 Å². The first-order valence-corrected chi connectivity index (χ1v) is 9.14. The number of rotatable bonds is 3. The molecule has 132 valence electrons. The van der Waals surface area contributed by atoms with Gasteiger partial charge in [-0.2, -0.15) is 0 Å². The Balaban J connectivity index is 1.97.